The van der Waals surface area contributed by atoms with E-state index < -0.39 is 5.09 Å². The van der Waals surface area contributed by atoms with E-state index in [1.54, 1.807) is 0 Å². The molecule has 0 aromatic carbocycles. The lowest BCUT2D eigenvalue weighted by Gasteiger charge is -2.34. The van der Waals surface area contributed by atoms with Gasteiger partial charge in [-0.25, -0.2) is 0 Å². The summed E-state index contributed by atoms with van der Waals surface area (Å²) in [6.07, 6.45) is 0. The van der Waals surface area contributed by atoms with Crippen LogP contribution in [0.4, 0.5) is 0 Å². The van der Waals surface area contributed by atoms with E-state index >= 15 is 0 Å². The summed E-state index contributed by atoms with van der Waals surface area (Å²) in [7, 11) is 0. The molecule has 0 saturated carbocycles. The van der Waals surface area contributed by atoms with Gasteiger partial charge in [0.05, 0.1) is 0 Å². The summed E-state index contributed by atoms with van der Waals surface area (Å²) < 4.78 is 0. The molecule has 5 N–H and O–H groups in total. The zero-order valence-corrected chi connectivity index (χ0v) is 7.87. The van der Waals surface area contributed by atoms with Crippen LogP contribution >= 0.6 is 0 Å². The molecular formula is C6H17N3O3. The van der Waals surface area contributed by atoms with Gasteiger partial charge in [0.25, 0.3) is 5.09 Å². The second-order valence-corrected chi connectivity index (χ2v) is 3.68. The molecule has 0 fully saturated rings. The van der Waals surface area contributed by atoms with Crippen LogP contribution in [0.3, 0.4) is 0 Å². The Labute approximate surface area is 71.7 Å². The Bertz CT molecular complexity index is 129. The number of rotatable bonds is 1. The van der Waals surface area contributed by atoms with Crippen LogP contribution in [0.5, 0.6) is 0 Å². The van der Waals surface area contributed by atoms with Gasteiger partial charge in [0.15, 0.2) is 0 Å². The van der Waals surface area contributed by atoms with Crippen molar-refractivity contribution >= 4 is 0 Å². The first-order valence-electron chi connectivity index (χ1n) is 3.39. The Morgan fingerprint density at radius 1 is 1.17 bits per heavy atom. The topological polar surface area (TPSA) is 115 Å². The van der Waals surface area contributed by atoms with E-state index in [1.807, 2.05) is 27.7 Å². The Morgan fingerprint density at radius 3 is 1.25 bits per heavy atom. The molecule has 0 aromatic heterocycles. The lowest BCUT2D eigenvalue weighted by molar-refractivity contribution is -0.742. The van der Waals surface area contributed by atoms with Gasteiger partial charge in [-0.15, -0.1) is 10.1 Å². The first kappa shape index (κ1) is 13.7. The Balaban J connectivity index is 0. The third-order valence-corrected chi connectivity index (χ3v) is 1.66. The van der Waals surface area contributed by atoms with E-state index in [-0.39, 0.29) is 11.1 Å². The summed E-state index contributed by atoms with van der Waals surface area (Å²) in [6, 6.07) is 0. The van der Waals surface area contributed by atoms with Crippen molar-refractivity contribution in [1.29, 1.82) is 0 Å². The molecule has 0 rings (SSSR count). The molecule has 74 valence electrons. The SMILES string of the molecule is CC(C)(N)C(C)(C)N.O=[N+]([O-])O. The van der Waals surface area contributed by atoms with Crippen LogP contribution in [0.15, 0.2) is 0 Å². The van der Waals surface area contributed by atoms with Gasteiger partial charge in [-0.1, -0.05) is 0 Å². The molecule has 0 aliphatic carbocycles. The highest BCUT2D eigenvalue weighted by molar-refractivity contribution is 4.93. The highest BCUT2D eigenvalue weighted by Crippen LogP contribution is 2.13. The highest BCUT2D eigenvalue weighted by atomic mass is 16.9. The minimum Gasteiger partial charge on any atom is -0.328 e. The van der Waals surface area contributed by atoms with Crippen LogP contribution in [0.25, 0.3) is 0 Å². The number of nitrogens with zero attached hydrogens (tertiary/aromatic N) is 1. The third kappa shape index (κ3) is 9.12. The van der Waals surface area contributed by atoms with Gasteiger partial charge < -0.3 is 16.7 Å². The Hall–Kier alpha value is -0.880. The zero-order chi connectivity index (χ0) is 10.6. The molecule has 6 nitrogen and oxygen atoms in total. The van der Waals surface area contributed by atoms with Crippen LogP contribution < -0.4 is 11.5 Å². The summed E-state index contributed by atoms with van der Waals surface area (Å²) in [6.45, 7) is 7.69. The van der Waals surface area contributed by atoms with E-state index in [9.17, 15) is 0 Å². The summed E-state index contributed by atoms with van der Waals surface area (Å²) in [5.74, 6) is 0. The van der Waals surface area contributed by atoms with Crippen molar-refractivity contribution in [2.24, 2.45) is 11.5 Å². The molecule has 0 bridgehead atoms. The molecule has 0 heterocycles. The maximum absolute atomic E-state index is 8.36. The monoisotopic (exact) mass is 179 g/mol. The quantitative estimate of drug-likeness (QED) is 0.390. The molecule has 0 aliphatic heterocycles. The van der Waals surface area contributed by atoms with Crippen molar-refractivity contribution in [3.05, 3.63) is 10.1 Å². The number of hydrogen-bond acceptors (Lipinski definition) is 4. The van der Waals surface area contributed by atoms with Crippen LogP contribution in [0, 0.1) is 10.1 Å². The summed E-state index contributed by atoms with van der Waals surface area (Å²) >= 11 is 0. The van der Waals surface area contributed by atoms with Gasteiger partial charge in [0, 0.05) is 11.1 Å². The van der Waals surface area contributed by atoms with Crippen molar-refractivity contribution in [3.63, 3.8) is 0 Å². The van der Waals surface area contributed by atoms with E-state index in [4.69, 9.17) is 26.8 Å². The molecule has 0 aliphatic rings. The lowest BCUT2D eigenvalue weighted by atomic mass is 9.85. The smallest absolute Gasteiger partial charge is 0.291 e. The van der Waals surface area contributed by atoms with Gasteiger partial charge in [-0.05, 0) is 27.7 Å². The maximum atomic E-state index is 8.36. The molecule has 0 amide bonds. The minimum absolute atomic E-state index is 0.285. The number of nitrogens with two attached hydrogens (primary N) is 2. The number of hydrogen-bond donors (Lipinski definition) is 3. The average molecular weight is 179 g/mol. The molecule has 0 aromatic rings. The van der Waals surface area contributed by atoms with E-state index in [0.29, 0.717) is 0 Å². The standard InChI is InChI=1S/C6H16N2.HNO3/c1-5(2,7)6(3,4)8;2-1(3)4/h7-8H2,1-4H3;(H,2,3,4). The molecule has 0 spiro atoms. The fraction of sp³-hybridized carbons (Fsp3) is 1.00. The Morgan fingerprint density at radius 2 is 1.25 bits per heavy atom. The summed E-state index contributed by atoms with van der Waals surface area (Å²) in [4.78, 5) is 8.36. The molecular weight excluding hydrogens is 162 g/mol. The normalized spacial score (nSPS) is 11.5. The van der Waals surface area contributed by atoms with Crippen molar-refractivity contribution in [3.8, 4) is 0 Å². The molecule has 12 heavy (non-hydrogen) atoms. The zero-order valence-electron chi connectivity index (χ0n) is 7.87. The van der Waals surface area contributed by atoms with E-state index in [0.717, 1.165) is 0 Å². The fourth-order valence-electron chi connectivity index (χ4n) is 0. The summed E-state index contributed by atoms with van der Waals surface area (Å²) in [5.41, 5.74) is 10.8. The third-order valence-electron chi connectivity index (χ3n) is 1.66. The molecule has 0 radical (unpaired) electrons. The maximum Gasteiger partial charge on any atom is 0.291 e. The molecule has 0 unspecified atom stereocenters. The Kier molecular flexibility index (Phi) is 4.82. The van der Waals surface area contributed by atoms with Crippen molar-refractivity contribution in [2.45, 2.75) is 38.8 Å². The molecule has 6 heteroatoms. The van der Waals surface area contributed by atoms with Crippen LogP contribution in [-0.2, 0) is 0 Å². The van der Waals surface area contributed by atoms with E-state index in [1.165, 1.54) is 0 Å². The van der Waals surface area contributed by atoms with Crippen molar-refractivity contribution in [1.82, 2.24) is 0 Å². The van der Waals surface area contributed by atoms with Crippen molar-refractivity contribution < 1.29 is 10.3 Å². The molecule has 0 saturated heterocycles. The van der Waals surface area contributed by atoms with Gasteiger partial charge in [-0.3, -0.25) is 0 Å². The van der Waals surface area contributed by atoms with Gasteiger partial charge in [0.1, 0.15) is 0 Å². The highest BCUT2D eigenvalue weighted by Gasteiger charge is 2.28. The van der Waals surface area contributed by atoms with Gasteiger partial charge in [0.2, 0.25) is 0 Å². The lowest BCUT2D eigenvalue weighted by Crippen LogP contribution is -2.58. The second-order valence-electron chi connectivity index (χ2n) is 3.68. The first-order valence-corrected chi connectivity index (χ1v) is 3.39. The van der Waals surface area contributed by atoms with Crippen LogP contribution in [0.2, 0.25) is 0 Å². The van der Waals surface area contributed by atoms with E-state index in [2.05, 4.69) is 0 Å². The van der Waals surface area contributed by atoms with Crippen LogP contribution in [0.1, 0.15) is 27.7 Å². The fourth-order valence-corrected chi connectivity index (χ4v) is 0. The average Bonchev–Trinajstić information content (AvgIpc) is 1.55. The predicted octanol–water partition coefficient (Wildman–Crippen LogP) is 0.113. The second kappa shape index (κ2) is 4.22. The van der Waals surface area contributed by atoms with Crippen LogP contribution in [-0.4, -0.2) is 21.4 Å². The largest absolute Gasteiger partial charge is 0.328 e. The predicted molar refractivity (Wildman–Crippen MR) is 45.3 cm³/mol. The van der Waals surface area contributed by atoms with Gasteiger partial charge in [-0.2, -0.15) is 0 Å². The van der Waals surface area contributed by atoms with Crippen molar-refractivity contribution in [2.75, 3.05) is 0 Å². The summed E-state index contributed by atoms with van der Waals surface area (Å²) in [5, 5.41) is 13.6. The first-order chi connectivity index (χ1) is 4.98. The van der Waals surface area contributed by atoms with Gasteiger partial charge >= 0.3 is 0 Å². The molecule has 0 atom stereocenters. The minimum atomic E-state index is -1.50.